The predicted molar refractivity (Wildman–Crippen MR) is 80.1 cm³/mol. The van der Waals surface area contributed by atoms with Gasteiger partial charge in [0, 0.05) is 18.5 Å². The number of carbonyl (C=O) groups excluding carboxylic acids is 1. The standard InChI is InChI=1S/C16H30N2O2/c1-11-13(17)7-6-12(15(11,2)3)14(19)18-10-16(20)8-4-5-9-16/h11-13,20H,4-10,17H2,1-3H3,(H,18,19). The molecular weight excluding hydrogens is 252 g/mol. The fourth-order valence-electron chi connectivity index (χ4n) is 3.90. The van der Waals surface area contributed by atoms with E-state index in [1.807, 2.05) is 0 Å². The van der Waals surface area contributed by atoms with E-state index in [4.69, 9.17) is 5.73 Å². The van der Waals surface area contributed by atoms with Crippen molar-refractivity contribution in [3.8, 4) is 0 Å². The van der Waals surface area contributed by atoms with Gasteiger partial charge in [-0.25, -0.2) is 0 Å². The highest BCUT2D eigenvalue weighted by atomic mass is 16.3. The Morgan fingerprint density at radius 1 is 1.30 bits per heavy atom. The van der Waals surface area contributed by atoms with Gasteiger partial charge in [0.15, 0.2) is 0 Å². The van der Waals surface area contributed by atoms with E-state index in [1.165, 1.54) is 0 Å². The first-order valence-electron chi connectivity index (χ1n) is 8.02. The van der Waals surface area contributed by atoms with Crippen molar-refractivity contribution in [3.05, 3.63) is 0 Å². The van der Waals surface area contributed by atoms with Crippen LogP contribution in [0, 0.1) is 17.3 Å². The number of nitrogens with one attached hydrogen (secondary N) is 1. The Morgan fingerprint density at radius 2 is 1.90 bits per heavy atom. The summed E-state index contributed by atoms with van der Waals surface area (Å²) in [6.07, 6.45) is 5.50. The normalized spacial score (nSPS) is 35.8. The van der Waals surface area contributed by atoms with E-state index < -0.39 is 5.60 Å². The van der Waals surface area contributed by atoms with Crippen molar-refractivity contribution >= 4 is 5.91 Å². The molecule has 3 unspecified atom stereocenters. The molecule has 3 atom stereocenters. The zero-order valence-electron chi connectivity index (χ0n) is 13.1. The molecule has 0 aromatic carbocycles. The summed E-state index contributed by atoms with van der Waals surface area (Å²) in [5.41, 5.74) is 5.39. The van der Waals surface area contributed by atoms with Gasteiger partial charge in [-0.3, -0.25) is 4.79 Å². The molecule has 0 bridgehead atoms. The average molecular weight is 282 g/mol. The summed E-state index contributed by atoms with van der Waals surface area (Å²) in [6, 6.07) is 0.188. The van der Waals surface area contributed by atoms with Crippen molar-refractivity contribution in [3.63, 3.8) is 0 Å². The van der Waals surface area contributed by atoms with Crippen LogP contribution >= 0.6 is 0 Å². The number of hydrogen-bond acceptors (Lipinski definition) is 3. The van der Waals surface area contributed by atoms with Crippen LogP contribution in [0.15, 0.2) is 0 Å². The average Bonchev–Trinajstić information content (AvgIpc) is 2.81. The molecule has 4 N–H and O–H groups in total. The number of nitrogens with two attached hydrogens (primary N) is 1. The topological polar surface area (TPSA) is 75.4 Å². The largest absolute Gasteiger partial charge is 0.388 e. The molecule has 2 aliphatic carbocycles. The molecule has 2 aliphatic rings. The molecule has 2 rings (SSSR count). The molecule has 116 valence electrons. The second kappa shape index (κ2) is 5.64. The predicted octanol–water partition coefficient (Wildman–Crippen LogP) is 1.81. The second-order valence-electron chi connectivity index (χ2n) is 7.55. The van der Waals surface area contributed by atoms with Gasteiger partial charge in [0.25, 0.3) is 0 Å². The van der Waals surface area contributed by atoms with E-state index in [-0.39, 0.29) is 23.3 Å². The first-order chi connectivity index (χ1) is 9.26. The summed E-state index contributed by atoms with van der Waals surface area (Å²) in [6.45, 7) is 6.84. The van der Waals surface area contributed by atoms with E-state index >= 15 is 0 Å². The third kappa shape index (κ3) is 3.01. The lowest BCUT2D eigenvalue weighted by atomic mass is 9.61. The molecule has 0 heterocycles. The number of hydrogen-bond donors (Lipinski definition) is 3. The van der Waals surface area contributed by atoms with Crippen LogP contribution in [-0.4, -0.2) is 29.2 Å². The van der Waals surface area contributed by atoms with Gasteiger partial charge < -0.3 is 16.2 Å². The zero-order chi connectivity index (χ0) is 15.0. The number of aliphatic hydroxyl groups is 1. The van der Waals surface area contributed by atoms with E-state index in [0.29, 0.717) is 12.5 Å². The third-order valence-electron chi connectivity index (χ3n) is 5.95. The molecule has 4 heteroatoms. The molecule has 0 saturated heterocycles. The molecule has 1 amide bonds. The Kier molecular flexibility index (Phi) is 4.45. The van der Waals surface area contributed by atoms with E-state index in [0.717, 1.165) is 38.5 Å². The molecule has 2 saturated carbocycles. The quantitative estimate of drug-likeness (QED) is 0.739. The van der Waals surface area contributed by atoms with Gasteiger partial charge in [0.05, 0.1) is 5.60 Å². The Labute approximate surface area is 122 Å². The van der Waals surface area contributed by atoms with Crippen LogP contribution in [0.25, 0.3) is 0 Å². The highest BCUT2D eigenvalue weighted by Crippen LogP contribution is 2.44. The van der Waals surface area contributed by atoms with Crippen LogP contribution < -0.4 is 11.1 Å². The lowest BCUT2D eigenvalue weighted by Crippen LogP contribution is -2.53. The molecule has 0 aromatic rings. The lowest BCUT2D eigenvalue weighted by Gasteiger charge is -2.46. The minimum atomic E-state index is -0.670. The molecule has 4 nitrogen and oxygen atoms in total. The highest BCUT2D eigenvalue weighted by Gasteiger charge is 2.45. The van der Waals surface area contributed by atoms with Gasteiger partial charge in [0.2, 0.25) is 5.91 Å². The van der Waals surface area contributed by atoms with Crippen LogP contribution in [0.1, 0.15) is 59.3 Å². The van der Waals surface area contributed by atoms with Crippen molar-refractivity contribution in [1.29, 1.82) is 0 Å². The van der Waals surface area contributed by atoms with Gasteiger partial charge in [-0.2, -0.15) is 0 Å². The maximum Gasteiger partial charge on any atom is 0.223 e. The summed E-state index contributed by atoms with van der Waals surface area (Å²) >= 11 is 0. The lowest BCUT2D eigenvalue weighted by molar-refractivity contribution is -0.133. The maximum absolute atomic E-state index is 12.5. The monoisotopic (exact) mass is 282 g/mol. The minimum Gasteiger partial charge on any atom is -0.388 e. The van der Waals surface area contributed by atoms with E-state index in [2.05, 4.69) is 26.1 Å². The van der Waals surface area contributed by atoms with Crippen molar-refractivity contribution < 1.29 is 9.90 Å². The van der Waals surface area contributed by atoms with Gasteiger partial charge >= 0.3 is 0 Å². The summed E-state index contributed by atoms with van der Waals surface area (Å²) in [7, 11) is 0. The van der Waals surface area contributed by atoms with Crippen molar-refractivity contribution in [1.82, 2.24) is 5.32 Å². The zero-order valence-corrected chi connectivity index (χ0v) is 13.1. The minimum absolute atomic E-state index is 0.00213. The van der Waals surface area contributed by atoms with E-state index in [9.17, 15) is 9.90 Å². The Morgan fingerprint density at radius 3 is 2.50 bits per heavy atom. The fraction of sp³-hybridized carbons (Fsp3) is 0.938. The maximum atomic E-state index is 12.5. The van der Waals surface area contributed by atoms with E-state index in [1.54, 1.807) is 0 Å². The van der Waals surface area contributed by atoms with Gasteiger partial charge in [-0.05, 0) is 37.0 Å². The van der Waals surface area contributed by atoms with Gasteiger partial charge in [-0.15, -0.1) is 0 Å². The van der Waals surface area contributed by atoms with Crippen LogP contribution in [0.2, 0.25) is 0 Å². The first kappa shape index (κ1) is 15.8. The molecule has 0 radical (unpaired) electrons. The van der Waals surface area contributed by atoms with Crippen molar-refractivity contribution in [2.75, 3.05) is 6.54 Å². The Bertz CT molecular complexity index is 361. The van der Waals surface area contributed by atoms with Gasteiger partial charge in [-0.1, -0.05) is 33.6 Å². The van der Waals surface area contributed by atoms with Crippen molar-refractivity contribution in [2.24, 2.45) is 23.0 Å². The molecule has 2 fully saturated rings. The Hall–Kier alpha value is -0.610. The fourth-order valence-corrected chi connectivity index (χ4v) is 3.90. The summed E-state index contributed by atoms with van der Waals surface area (Å²) in [4.78, 5) is 12.5. The first-order valence-corrected chi connectivity index (χ1v) is 8.02. The highest BCUT2D eigenvalue weighted by molar-refractivity contribution is 5.79. The molecule has 20 heavy (non-hydrogen) atoms. The summed E-state index contributed by atoms with van der Waals surface area (Å²) in [5.74, 6) is 0.429. The molecular formula is C16H30N2O2. The summed E-state index contributed by atoms with van der Waals surface area (Å²) in [5, 5.41) is 13.3. The van der Waals surface area contributed by atoms with Crippen LogP contribution in [0.5, 0.6) is 0 Å². The Balaban J connectivity index is 1.95. The molecule has 0 spiro atoms. The molecule has 0 aromatic heterocycles. The van der Waals surface area contributed by atoms with Crippen LogP contribution in [0.4, 0.5) is 0 Å². The second-order valence-corrected chi connectivity index (χ2v) is 7.55. The number of rotatable bonds is 3. The third-order valence-corrected chi connectivity index (χ3v) is 5.95. The smallest absolute Gasteiger partial charge is 0.223 e. The SMILES string of the molecule is CC1C(N)CCC(C(=O)NCC2(O)CCCC2)C1(C)C. The number of amides is 1. The number of carbonyl (C=O) groups is 1. The van der Waals surface area contributed by atoms with Crippen LogP contribution in [0.3, 0.4) is 0 Å². The molecule has 0 aliphatic heterocycles. The van der Waals surface area contributed by atoms with Crippen LogP contribution in [-0.2, 0) is 4.79 Å². The summed E-state index contributed by atoms with van der Waals surface area (Å²) < 4.78 is 0. The van der Waals surface area contributed by atoms with Crippen molar-refractivity contribution in [2.45, 2.75) is 70.9 Å². The van der Waals surface area contributed by atoms with Gasteiger partial charge in [0.1, 0.15) is 0 Å².